The number of nitrogens with one attached hydrogen (secondary N) is 2. The third-order valence-electron chi connectivity index (χ3n) is 1.76. The molecule has 0 radical (unpaired) electrons. The third-order valence-corrected chi connectivity index (χ3v) is 1.76. The topological polar surface area (TPSA) is 75.1 Å². The predicted octanol–water partition coefficient (Wildman–Crippen LogP) is 0.496. The first-order chi connectivity index (χ1) is 6.13. The molecule has 1 amide bonds. The van der Waals surface area contributed by atoms with Crippen LogP contribution in [0.3, 0.4) is 0 Å². The molecule has 0 saturated heterocycles. The van der Waals surface area contributed by atoms with Crippen LogP contribution < -0.4 is 11.1 Å². The number of oxazole rings is 1. The lowest BCUT2D eigenvalue weighted by Gasteiger charge is -2.08. The van der Waals surface area contributed by atoms with E-state index in [4.69, 9.17) is 0 Å². The van der Waals surface area contributed by atoms with E-state index in [0.717, 1.165) is 12.7 Å². The maximum atomic E-state index is 11.3. The molecule has 0 bridgehead atoms. The molecule has 1 aromatic heterocycles. The van der Waals surface area contributed by atoms with E-state index in [-0.39, 0.29) is 17.6 Å². The molecule has 1 rings (SSSR count). The van der Waals surface area contributed by atoms with E-state index in [1.54, 1.807) is 0 Å². The molecule has 5 nitrogen and oxygen atoms in total. The zero-order valence-corrected chi connectivity index (χ0v) is 7.59. The lowest BCUT2D eigenvalue weighted by atomic mass is 10.2. The summed E-state index contributed by atoms with van der Waals surface area (Å²) in [5.74, 6) is -0.936. The van der Waals surface area contributed by atoms with Gasteiger partial charge in [-0.2, -0.15) is 0 Å². The number of rotatable bonds is 3. The van der Waals surface area contributed by atoms with Crippen molar-refractivity contribution in [2.24, 2.45) is 0 Å². The van der Waals surface area contributed by atoms with Crippen LogP contribution in [0.5, 0.6) is 0 Å². The van der Waals surface area contributed by atoms with Crippen LogP contribution in [0.25, 0.3) is 0 Å². The maximum absolute atomic E-state index is 11.3. The number of carbonyl (C=O) groups excluding carboxylic acids is 1. The van der Waals surface area contributed by atoms with Gasteiger partial charge in [0.1, 0.15) is 12.0 Å². The summed E-state index contributed by atoms with van der Waals surface area (Å²) in [4.78, 5) is 24.1. The summed E-state index contributed by atoms with van der Waals surface area (Å²) in [5.41, 5.74) is 0.158. The summed E-state index contributed by atoms with van der Waals surface area (Å²) in [6.45, 7) is 3.85. The van der Waals surface area contributed by atoms with E-state index < -0.39 is 5.76 Å². The Morgan fingerprint density at radius 1 is 1.77 bits per heavy atom. The van der Waals surface area contributed by atoms with Crippen LogP contribution in [-0.2, 0) is 0 Å². The second-order valence-corrected chi connectivity index (χ2v) is 2.84. The van der Waals surface area contributed by atoms with Crippen molar-refractivity contribution in [1.29, 1.82) is 0 Å². The SMILES string of the molecule is CCC(C)NC(=O)c1coc(=O)[nH]1. The molecule has 1 aromatic rings. The van der Waals surface area contributed by atoms with Crippen molar-refractivity contribution in [3.8, 4) is 0 Å². The van der Waals surface area contributed by atoms with Gasteiger partial charge in [-0.25, -0.2) is 4.79 Å². The Kier molecular flexibility index (Phi) is 2.89. The Morgan fingerprint density at radius 3 is 2.92 bits per heavy atom. The first-order valence-corrected chi connectivity index (χ1v) is 4.12. The van der Waals surface area contributed by atoms with Crippen molar-refractivity contribution in [1.82, 2.24) is 10.3 Å². The maximum Gasteiger partial charge on any atom is 0.416 e. The van der Waals surface area contributed by atoms with Gasteiger partial charge in [0.2, 0.25) is 0 Å². The fourth-order valence-corrected chi connectivity index (χ4v) is 0.795. The highest BCUT2D eigenvalue weighted by Crippen LogP contribution is 1.93. The fourth-order valence-electron chi connectivity index (χ4n) is 0.795. The minimum absolute atomic E-state index is 0.0888. The fraction of sp³-hybridized carbons (Fsp3) is 0.500. The van der Waals surface area contributed by atoms with Crippen LogP contribution in [0.1, 0.15) is 30.8 Å². The largest absolute Gasteiger partial charge is 0.416 e. The summed E-state index contributed by atoms with van der Waals surface area (Å²) >= 11 is 0. The first kappa shape index (κ1) is 9.57. The monoisotopic (exact) mass is 184 g/mol. The van der Waals surface area contributed by atoms with Gasteiger partial charge in [0.15, 0.2) is 0 Å². The molecular weight excluding hydrogens is 172 g/mol. The summed E-state index contributed by atoms with van der Waals surface area (Å²) in [6, 6.07) is 0.0888. The summed E-state index contributed by atoms with van der Waals surface area (Å²) in [5, 5.41) is 2.69. The number of aromatic nitrogens is 1. The van der Waals surface area contributed by atoms with E-state index in [0.29, 0.717) is 0 Å². The Balaban J connectivity index is 2.64. The Morgan fingerprint density at radius 2 is 2.46 bits per heavy atom. The highest BCUT2D eigenvalue weighted by molar-refractivity contribution is 5.91. The van der Waals surface area contributed by atoms with Crippen LogP contribution >= 0.6 is 0 Å². The average molecular weight is 184 g/mol. The van der Waals surface area contributed by atoms with Crippen molar-refractivity contribution in [2.75, 3.05) is 0 Å². The van der Waals surface area contributed by atoms with E-state index in [9.17, 15) is 9.59 Å². The van der Waals surface area contributed by atoms with Crippen molar-refractivity contribution in [3.63, 3.8) is 0 Å². The highest BCUT2D eigenvalue weighted by atomic mass is 16.4. The summed E-state index contributed by atoms with van der Waals surface area (Å²) < 4.78 is 4.43. The highest BCUT2D eigenvalue weighted by Gasteiger charge is 2.10. The molecule has 1 heterocycles. The minimum atomic E-state index is -0.616. The zero-order valence-electron chi connectivity index (χ0n) is 7.59. The van der Waals surface area contributed by atoms with Gasteiger partial charge >= 0.3 is 5.76 Å². The van der Waals surface area contributed by atoms with Crippen LogP contribution in [0.4, 0.5) is 0 Å². The number of amides is 1. The number of hydrogen-bond donors (Lipinski definition) is 2. The van der Waals surface area contributed by atoms with Crippen LogP contribution in [0, 0.1) is 0 Å². The van der Waals surface area contributed by atoms with E-state index >= 15 is 0 Å². The van der Waals surface area contributed by atoms with Gasteiger partial charge in [-0.15, -0.1) is 0 Å². The second-order valence-electron chi connectivity index (χ2n) is 2.84. The van der Waals surface area contributed by atoms with Crippen molar-refractivity contribution in [3.05, 3.63) is 22.5 Å². The van der Waals surface area contributed by atoms with Gasteiger partial charge < -0.3 is 9.73 Å². The van der Waals surface area contributed by atoms with Gasteiger partial charge in [0.25, 0.3) is 5.91 Å². The summed E-state index contributed by atoms with van der Waals surface area (Å²) in [6.07, 6.45) is 1.95. The Hall–Kier alpha value is -1.52. The van der Waals surface area contributed by atoms with Crippen molar-refractivity contribution < 1.29 is 9.21 Å². The molecule has 1 unspecified atom stereocenters. The standard InChI is InChI=1S/C8H12N2O3/c1-3-5(2)9-7(11)6-4-13-8(12)10-6/h4-5H,3H2,1-2H3,(H,9,11)(H,10,12). The molecule has 0 aliphatic heterocycles. The van der Waals surface area contributed by atoms with Gasteiger partial charge in [-0.3, -0.25) is 9.78 Å². The molecule has 1 atom stereocenters. The molecule has 13 heavy (non-hydrogen) atoms. The second kappa shape index (κ2) is 3.93. The number of aromatic amines is 1. The minimum Gasteiger partial charge on any atom is -0.416 e. The molecule has 2 N–H and O–H groups in total. The number of carbonyl (C=O) groups is 1. The average Bonchev–Trinajstić information content (AvgIpc) is 2.51. The van der Waals surface area contributed by atoms with Crippen LogP contribution in [0.2, 0.25) is 0 Å². The number of hydrogen-bond acceptors (Lipinski definition) is 3. The Labute approximate surface area is 75.1 Å². The normalized spacial score (nSPS) is 12.5. The molecule has 5 heteroatoms. The molecule has 0 fully saturated rings. The molecule has 0 aliphatic carbocycles. The zero-order chi connectivity index (χ0) is 9.84. The van der Waals surface area contributed by atoms with Gasteiger partial charge in [-0.05, 0) is 13.3 Å². The van der Waals surface area contributed by atoms with Gasteiger partial charge in [0, 0.05) is 6.04 Å². The van der Waals surface area contributed by atoms with Crippen LogP contribution in [0.15, 0.2) is 15.5 Å². The number of H-pyrrole nitrogens is 1. The third kappa shape index (κ3) is 2.47. The molecular formula is C8H12N2O3. The Bertz CT molecular complexity index is 339. The lowest BCUT2D eigenvalue weighted by molar-refractivity contribution is 0.0934. The first-order valence-electron chi connectivity index (χ1n) is 4.12. The molecule has 0 saturated carbocycles. The van der Waals surface area contributed by atoms with E-state index in [1.807, 2.05) is 13.8 Å². The van der Waals surface area contributed by atoms with E-state index in [2.05, 4.69) is 14.7 Å². The molecule has 0 aliphatic rings. The van der Waals surface area contributed by atoms with Crippen molar-refractivity contribution >= 4 is 5.91 Å². The molecule has 0 aromatic carbocycles. The van der Waals surface area contributed by atoms with Crippen molar-refractivity contribution in [2.45, 2.75) is 26.3 Å². The quantitative estimate of drug-likeness (QED) is 0.718. The summed E-state index contributed by atoms with van der Waals surface area (Å²) in [7, 11) is 0. The smallest absolute Gasteiger partial charge is 0.416 e. The molecule has 72 valence electrons. The van der Waals surface area contributed by atoms with Gasteiger partial charge in [0.05, 0.1) is 0 Å². The van der Waals surface area contributed by atoms with Gasteiger partial charge in [-0.1, -0.05) is 6.92 Å². The predicted molar refractivity (Wildman–Crippen MR) is 46.5 cm³/mol. The molecule has 0 spiro atoms. The lowest BCUT2D eigenvalue weighted by Crippen LogP contribution is -2.32. The van der Waals surface area contributed by atoms with E-state index in [1.165, 1.54) is 0 Å². The van der Waals surface area contributed by atoms with Crippen LogP contribution in [-0.4, -0.2) is 16.9 Å².